The van der Waals surface area contributed by atoms with Gasteiger partial charge in [0.1, 0.15) is 42.2 Å². The highest BCUT2D eigenvalue weighted by atomic mass is 32.2. The average molecular weight is 683 g/mol. The van der Waals surface area contributed by atoms with Crippen LogP contribution in [0.1, 0.15) is 31.8 Å². The van der Waals surface area contributed by atoms with Crippen molar-refractivity contribution < 1.29 is 67.7 Å². The first-order valence-electron chi connectivity index (χ1n) is 12.3. The second-order valence-electron chi connectivity index (χ2n) is 9.64. The number of carboxylic acid groups (broad SMARTS) is 1. The van der Waals surface area contributed by atoms with E-state index in [2.05, 4.69) is 4.74 Å². The van der Waals surface area contributed by atoms with Gasteiger partial charge in [-0.05, 0) is 35.9 Å². The smallest absolute Gasteiger partial charge is 0.343 e. The molecule has 0 saturated carbocycles. The molecule has 0 fully saturated rings. The molecule has 3 aromatic rings. The summed E-state index contributed by atoms with van der Waals surface area (Å²) in [4.78, 5) is 24.0. The molecule has 0 bridgehead atoms. The summed E-state index contributed by atoms with van der Waals surface area (Å²) >= 11 is 0. The zero-order valence-corrected chi connectivity index (χ0v) is 23.8. The van der Waals surface area contributed by atoms with Crippen LogP contribution < -0.4 is 15.2 Å². The standard InChI is InChI=1S/C27H16F4N2O11S2/c28-14-8-15(29)20(31)23(19(14)30)44-27(36)9-1-2-10(13(7-9)26(34)35)18-11-3-5-16(32)24(45(37,38)39)21(11)43-22-12(18)4-6-17(33)25(22)46(40,41)42/h1-8,21,24,32H,33H2,(H,34,35)(H,37,38,39)(H,40,41,42)/p-2. The molecule has 1 aliphatic heterocycles. The lowest BCUT2D eigenvalue weighted by Gasteiger charge is -2.39. The summed E-state index contributed by atoms with van der Waals surface area (Å²) in [5, 5.41) is 15.8. The maximum Gasteiger partial charge on any atom is 0.343 e. The summed E-state index contributed by atoms with van der Waals surface area (Å²) in [6.45, 7) is 0. The van der Waals surface area contributed by atoms with Gasteiger partial charge in [-0.3, -0.25) is 0 Å². The molecule has 0 saturated heterocycles. The number of nitrogens with two attached hydrogens (primary N) is 1. The number of carbonyl (C=O) groups is 2. The molecule has 46 heavy (non-hydrogen) atoms. The first-order valence-corrected chi connectivity index (χ1v) is 15.1. The van der Waals surface area contributed by atoms with Crippen LogP contribution in [-0.2, 0) is 20.2 Å². The molecule has 0 aromatic heterocycles. The molecular weight excluding hydrogens is 668 g/mol. The summed E-state index contributed by atoms with van der Waals surface area (Å²) in [5.41, 5.74) is 1.32. The van der Waals surface area contributed by atoms with E-state index >= 15 is 0 Å². The molecule has 5 rings (SSSR count). The average Bonchev–Trinajstić information content (AvgIpc) is 2.95. The van der Waals surface area contributed by atoms with E-state index in [1.54, 1.807) is 0 Å². The summed E-state index contributed by atoms with van der Waals surface area (Å²) in [7, 11) is -10.9. The second kappa shape index (κ2) is 11.1. The molecule has 0 radical (unpaired) electrons. The Balaban J connectivity index is 1.77. The number of carbonyl (C=O) groups excluding carboxylic acids is 1. The van der Waals surface area contributed by atoms with Crippen molar-refractivity contribution in [2.24, 2.45) is 0 Å². The minimum Gasteiger partial charge on any atom is -0.747 e. The zero-order chi connectivity index (χ0) is 34.0. The Morgan fingerprint density at radius 3 is 2.11 bits per heavy atom. The van der Waals surface area contributed by atoms with Gasteiger partial charge in [-0.1, -0.05) is 12.1 Å². The number of halogens is 4. The van der Waals surface area contributed by atoms with Crippen molar-refractivity contribution in [2.75, 3.05) is 5.73 Å². The van der Waals surface area contributed by atoms with E-state index in [1.807, 2.05) is 0 Å². The zero-order valence-electron chi connectivity index (χ0n) is 22.2. The van der Waals surface area contributed by atoms with Gasteiger partial charge >= 0.3 is 11.9 Å². The number of allylic oxidation sites excluding steroid dienone is 1. The Labute approximate surface area is 255 Å². The van der Waals surface area contributed by atoms with Crippen LogP contribution in [0, 0.1) is 28.7 Å². The Kier molecular flexibility index (Phi) is 7.76. The molecule has 4 N–H and O–H groups in total. The van der Waals surface area contributed by atoms with Gasteiger partial charge in [-0.15, -0.1) is 0 Å². The highest BCUT2D eigenvalue weighted by Crippen LogP contribution is 2.48. The van der Waals surface area contributed by atoms with Gasteiger partial charge in [0.2, 0.25) is 17.4 Å². The summed E-state index contributed by atoms with van der Waals surface area (Å²) < 4.78 is 139. The number of nitrogen functional groups attached to an aromatic ring is 1. The van der Waals surface area contributed by atoms with Gasteiger partial charge in [0, 0.05) is 22.8 Å². The van der Waals surface area contributed by atoms with E-state index in [9.17, 15) is 58.2 Å². The van der Waals surface area contributed by atoms with Gasteiger partial charge < -0.3 is 34.8 Å². The van der Waals surface area contributed by atoms with Crippen molar-refractivity contribution in [2.45, 2.75) is 16.2 Å². The maximum atomic E-state index is 14.1. The third-order valence-corrected chi connectivity index (χ3v) is 8.90. The molecule has 1 heterocycles. The minimum atomic E-state index is -5.49. The van der Waals surface area contributed by atoms with Gasteiger partial charge in [0.05, 0.1) is 22.5 Å². The van der Waals surface area contributed by atoms with Gasteiger partial charge in [0.25, 0.3) is 0 Å². The molecular formula is C27H14F4N2O11S2-2. The minimum absolute atomic E-state index is 0.145. The SMILES string of the molecule is N=C1C=CC2=C(c3ccc(C(=O)Oc4c(F)c(F)cc(F)c4F)cc3C(=O)O)c3ccc(N)c(S(=O)(=O)[O-])c3OC2C1S(=O)(=O)[O-]. The normalized spacial score (nSPS) is 17.7. The fraction of sp³-hybridized carbons (Fsp3) is 0.0741. The Morgan fingerprint density at radius 2 is 1.54 bits per heavy atom. The van der Waals surface area contributed by atoms with Crippen LogP contribution in [-0.4, -0.2) is 60.1 Å². The number of benzene rings is 3. The molecule has 240 valence electrons. The number of nitrogens with one attached hydrogen (secondary N) is 1. The van der Waals surface area contributed by atoms with E-state index < -0.39 is 111 Å². The third-order valence-electron chi connectivity index (χ3n) is 6.86. The van der Waals surface area contributed by atoms with Gasteiger partial charge in [0.15, 0.2) is 11.6 Å². The number of esters is 1. The van der Waals surface area contributed by atoms with Gasteiger partial charge in [-0.2, -0.15) is 8.78 Å². The largest absolute Gasteiger partial charge is 0.747 e. The molecule has 2 unspecified atom stereocenters. The number of rotatable bonds is 6. The fourth-order valence-corrected chi connectivity index (χ4v) is 6.58. The quantitative estimate of drug-likeness (QED) is 0.0850. The first kappa shape index (κ1) is 32.3. The molecule has 2 aliphatic rings. The van der Waals surface area contributed by atoms with Crippen LogP contribution in [0.4, 0.5) is 23.2 Å². The molecule has 3 aromatic carbocycles. The Bertz CT molecular complexity index is 2170. The summed E-state index contributed by atoms with van der Waals surface area (Å²) in [6.07, 6.45) is -0.0482. The van der Waals surface area contributed by atoms with E-state index in [1.165, 1.54) is 0 Å². The monoisotopic (exact) mass is 682 g/mol. The predicted octanol–water partition coefficient (Wildman–Crippen LogP) is 2.71. The van der Waals surface area contributed by atoms with E-state index in [-0.39, 0.29) is 22.8 Å². The number of hydrogen-bond acceptors (Lipinski definition) is 12. The van der Waals surface area contributed by atoms with Crippen molar-refractivity contribution in [1.82, 2.24) is 0 Å². The van der Waals surface area contributed by atoms with Gasteiger partial charge in [-0.25, -0.2) is 35.2 Å². The number of anilines is 1. The lowest BCUT2D eigenvalue weighted by atomic mass is 9.81. The molecule has 2 atom stereocenters. The van der Waals surface area contributed by atoms with Crippen molar-refractivity contribution in [1.29, 1.82) is 5.41 Å². The number of carboxylic acids is 1. The molecule has 0 spiro atoms. The topological polar surface area (TPSA) is 237 Å². The third kappa shape index (κ3) is 5.38. The Morgan fingerprint density at radius 1 is 0.935 bits per heavy atom. The van der Waals surface area contributed by atoms with E-state index in [0.717, 1.165) is 36.4 Å². The van der Waals surface area contributed by atoms with Crippen LogP contribution in [0.25, 0.3) is 5.57 Å². The summed E-state index contributed by atoms with van der Waals surface area (Å²) in [5.74, 6) is -14.1. The fourth-order valence-electron chi connectivity index (χ4n) is 4.94. The molecule has 1 aliphatic carbocycles. The maximum absolute atomic E-state index is 14.1. The highest BCUT2D eigenvalue weighted by Gasteiger charge is 2.43. The van der Waals surface area contributed by atoms with Crippen molar-refractivity contribution in [3.05, 3.63) is 99.6 Å². The lowest BCUT2D eigenvalue weighted by Crippen LogP contribution is -2.47. The number of aromatic carboxylic acids is 1. The number of hydrogen-bond donors (Lipinski definition) is 3. The first-order chi connectivity index (χ1) is 21.3. The highest BCUT2D eigenvalue weighted by molar-refractivity contribution is 7.87. The van der Waals surface area contributed by atoms with E-state index in [4.69, 9.17) is 15.9 Å². The van der Waals surface area contributed by atoms with Crippen LogP contribution in [0.3, 0.4) is 0 Å². The molecule has 13 nitrogen and oxygen atoms in total. The summed E-state index contributed by atoms with van der Waals surface area (Å²) in [6, 6.07) is 4.20. The number of ether oxygens (including phenoxy) is 2. The Hall–Kier alpha value is -5.11. The van der Waals surface area contributed by atoms with Crippen molar-refractivity contribution in [3.63, 3.8) is 0 Å². The lowest BCUT2D eigenvalue weighted by molar-refractivity contribution is 0.0696. The predicted molar refractivity (Wildman–Crippen MR) is 144 cm³/mol. The van der Waals surface area contributed by atoms with Crippen LogP contribution in [0.5, 0.6) is 11.5 Å². The van der Waals surface area contributed by atoms with E-state index in [0.29, 0.717) is 6.07 Å². The van der Waals surface area contributed by atoms with Crippen molar-refractivity contribution >= 4 is 49.1 Å². The molecule has 0 amide bonds. The van der Waals surface area contributed by atoms with Crippen LogP contribution >= 0.6 is 0 Å². The second-order valence-corrected chi connectivity index (χ2v) is 12.4. The molecule has 19 heteroatoms. The number of fused-ring (bicyclic) bond motifs is 2. The van der Waals surface area contributed by atoms with Crippen molar-refractivity contribution in [3.8, 4) is 11.5 Å². The van der Waals surface area contributed by atoms with Crippen LogP contribution in [0.15, 0.2) is 59.0 Å². The van der Waals surface area contributed by atoms with Crippen LogP contribution in [0.2, 0.25) is 0 Å².